The fraction of sp³-hybridized carbons (Fsp3) is 0.231. The van der Waals surface area contributed by atoms with Crippen molar-refractivity contribution in [2.45, 2.75) is 5.92 Å². The number of piperazine rings is 1. The number of hydrogen-bond acceptors (Lipinski definition) is 4. The van der Waals surface area contributed by atoms with Crippen LogP contribution >= 0.6 is 12.2 Å². The van der Waals surface area contributed by atoms with Crippen LogP contribution in [0.4, 0.5) is 0 Å². The average Bonchev–Trinajstić information content (AvgIpc) is 2.38. The molecule has 20 heavy (non-hydrogen) atoms. The summed E-state index contributed by atoms with van der Waals surface area (Å²) in [7, 11) is 0. The van der Waals surface area contributed by atoms with E-state index in [1.165, 1.54) is 0 Å². The van der Waals surface area contributed by atoms with E-state index in [4.69, 9.17) is 18.0 Å². The maximum Gasteiger partial charge on any atom is 0.246 e. The zero-order chi connectivity index (χ0) is 14.7. The Bertz CT molecular complexity index is 557. The molecule has 1 saturated heterocycles. The Labute approximate surface area is 120 Å². The predicted octanol–water partition coefficient (Wildman–Crippen LogP) is -0.459. The van der Waals surface area contributed by atoms with Gasteiger partial charge in [-0.1, -0.05) is 42.5 Å². The van der Waals surface area contributed by atoms with Gasteiger partial charge in [0.05, 0.1) is 4.99 Å². The minimum atomic E-state index is -0.829. The summed E-state index contributed by atoms with van der Waals surface area (Å²) in [5.74, 6) is -2.29. The van der Waals surface area contributed by atoms with Crippen molar-refractivity contribution in [3.05, 3.63) is 35.9 Å². The molecule has 0 radical (unpaired) electrons. The third-order valence-electron chi connectivity index (χ3n) is 2.92. The van der Waals surface area contributed by atoms with Crippen LogP contribution < -0.4 is 11.1 Å². The summed E-state index contributed by atoms with van der Waals surface area (Å²) in [6.45, 7) is -0.340. The molecule has 0 bridgehead atoms. The first-order chi connectivity index (χ1) is 9.49. The van der Waals surface area contributed by atoms with Crippen LogP contribution in [0.1, 0.15) is 11.5 Å². The Morgan fingerprint density at radius 2 is 1.75 bits per heavy atom. The minimum Gasteiger partial charge on any atom is -0.392 e. The van der Waals surface area contributed by atoms with Gasteiger partial charge >= 0.3 is 0 Å². The van der Waals surface area contributed by atoms with Crippen LogP contribution in [0.3, 0.4) is 0 Å². The number of rotatable bonds is 3. The summed E-state index contributed by atoms with van der Waals surface area (Å²) >= 11 is 4.95. The van der Waals surface area contributed by atoms with Crippen LogP contribution in [0.2, 0.25) is 0 Å². The fourth-order valence-corrected chi connectivity index (χ4v) is 2.29. The van der Waals surface area contributed by atoms with Gasteiger partial charge in [0, 0.05) is 0 Å². The lowest BCUT2D eigenvalue weighted by atomic mass is 9.97. The van der Waals surface area contributed by atoms with Crippen molar-refractivity contribution in [2.75, 3.05) is 13.1 Å². The number of carbonyl (C=O) groups is 3. The summed E-state index contributed by atoms with van der Waals surface area (Å²) in [5, 5.41) is 2.14. The van der Waals surface area contributed by atoms with E-state index in [-0.39, 0.29) is 18.1 Å². The molecule has 1 aliphatic heterocycles. The molecule has 3 N–H and O–H groups in total. The SMILES string of the molecule is NC(=S)C(C(=O)N1CC(=O)NC(=O)C1)c1ccccc1. The third-order valence-corrected chi connectivity index (χ3v) is 3.16. The van der Waals surface area contributed by atoms with E-state index in [9.17, 15) is 14.4 Å². The van der Waals surface area contributed by atoms with Crippen molar-refractivity contribution in [2.24, 2.45) is 5.73 Å². The van der Waals surface area contributed by atoms with Gasteiger partial charge in [0.15, 0.2) is 0 Å². The highest BCUT2D eigenvalue weighted by Gasteiger charge is 2.33. The van der Waals surface area contributed by atoms with Crippen LogP contribution in [-0.4, -0.2) is 40.7 Å². The Balaban J connectivity index is 2.26. The Hall–Kier alpha value is -2.28. The molecular weight excluding hydrogens is 278 g/mol. The number of carbonyl (C=O) groups excluding carboxylic acids is 3. The number of hydrogen-bond donors (Lipinski definition) is 2. The molecule has 1 unspecified atom stereocenters. The second-order valence-electron chi connectivity index (χ2n) is 4.41. The highest BCUT2D eigenvalue weighted by Crippen LogP contribution is 2.19. The normalized spacial score (nSPS) is 16.5. The molecule has 1 heterocycles. The number of benzene rings is 1. The molecule has 0 aliphatic carbocycles. The maximum absolute atomic E-state index is 12.5. The van der Waals surface area contributed by atoms with Gasteiger partial charge in [0.25, 0.3) is 0 Å². The highest BCUT2D eigenvalue weighted by atomic mass is 32.1. The van der Waals surface area contributed by atoms with E-state index in [1.54, 1.807) is 24.3 Å². The molecule has 0 aromatic heterocycles. The predicted molar refractivity (Wildman–Crippen MR) is 75.7 cm³/mol. The van der Waals surface area contributed by atoms with E-state index in [1.807, 2.05) is 6.07 Å². The average molecular weight is 291 g/mol. The summed E-state index contributed by atoms with van der Waals surface area (Å²) in [4.78, 5) is 36.3. The molecule has 0 spiro atoms. The second kappa shape index (κ2) is 5.79. The number of amides is 3. The first-order valence-corrected chi connectivity index (χ1v) is 6.35. The van der Waals surface area contributed by atoms with Crippen molar-refractivity contribution in [1.82, 2.24) is 10.2 Å². The van der Waals surface area contributed by atoms with Crippen LogP contribution in [-0.2, 0) is 14.4 Å². The van der Waals surface area contributed by atoms with Gasteiger partial charge in [-0.3, -0.25) is 19.7 Å². The first-order valence-electron chi connectivity index (χ1n) is 5.95. The summed E-state index contributed by atoms with van der Waals surface area (Å²) in [5.41, 5.74) is 6.29. The van der Waals surface area contributed by atoms with Crippen molar-refractivity contribution < 1.29 is 14.4 Å². The highest BCUT2D eigenvalue weighted by molar-refractivity contribution is 7.80. The minimum absolute atomic E-state index is 0.0135. The van der Waals surface area contributed by atoms with Crippen molar-refractivity contribution in [3.63, 3.8) is 0 Å². The van der Waals surface area contributed by atoms with E-state index in [2.05, 4.69) is 5.32 Å². The number of nitrogens with one attached hydrogen (secondary N) is 1. The molecule has 1 atom stereocenters. The molecule has 6 nitrogen and oxygen atoms in total. The second-order valence-corrected chi connectivity index (χ2v) is 4.88. The topological polar surface area (TPSA) is 92.5 Å². The number of nitrogens with zero attached hydrogens (tertiary/aromatic N) is 1. The van der Waals surface area contributed by atoms with Crippen LogP contribution in [0.5, 0.6) is 0 Å². The monoisotopic (exact) mass is 291 g/mol. The fourth-order valence-electron chi connectivity index (χ4n) is 2.05. The van der Waals surface area contributed by atoms with Crippen LogP contribution in [0.25, 0.3) is 0 Å². The van der Waals surface area contributed by atoms with Crippen molar-refractivity contribution in [3.8, 4) is 0 Å². The Kier molecular flexibility index (Phi) is 4.09. The quantitative estimate of drug-likeness (QED) is 0.581. The molecule has 3 amide bonds. The van der Waals surface area contributed by atoms with Crippen LogP contribution in [0, 0.1) is 0 Å². The Morgan fingerprint density at radius 1 is 1.20 bits per heavy atom. The standard InChI is InChI=1S/C13H13N3O3S/c14-12(20)11(8-4-2-1-3-5-8)13(19)16-6-9(17)15-10(18)7-16/h1-5,11H,6-7H2,(H2,14,20)(H,15,17,18). The molecule has 104 valence electrons. The van der Waals surface area contributed by atoms with Crippen molar-refractivity contribution >= 4 is 34.9 Å². The first kappa shape index (κ1) is 14.1. The molecule has 0 saturated carbocycles. The molecule has 1 fully saturated rings. The molecule has 1 aliphatic rings. The molecular formula is C13H13N3O3S. The number of thiocarbonyl (C=S) groups is 1. The van der Waals surface area contributed by atoms with E-state index in [0.29, 0.717) is 5.56 Å². The van der Waals surface area contributed by atoms with E-state index >= 15 is 0 Å². The van der Waals surface area contributed by atoms with Crippen molar-refractivity contribution in [1.29, 1.82) is 0 Å². The number of imide groups is 1. The van der Waals surface area contributed by atoms with E-state index in [0.717, 1.165) is 4.90 Å². The summed E-state index contributed by atoms with van der Waals surface area (Å²) < 4.78 is 0. The molecule has 2 rings (SSSR count). The zero-order valence-corrected chi connectivity index (χ0v) is 11.4. The lowest BCUT2D eigenvalue weighted by Gasteiger charge is -2.29. The van der Waals surface area contributed by atoms with Gasteiger partial charge in [0.1, 0.15) is 19.0 Å². The molecule has 1 aromatic carbocycles. The smallest absolute Gasteiger partial charge is 0.246 e. The van der Waals surface area contributed by atoms with Gasteiger partial charge < -0.3 is 10.6 Å². The zero-order valence-electron chi connectivity index (χ0n) is 10.5. The third kappa shape index (κ3) is 3.00. The van der Waals surface area contributed by atoms with Crippen LogP contribution in [0.15, 0.2) is 30.3 Å². The van der Waals surface area contributed by atoms with Gasteiger partial charge in [-0.25, -0.2) is 0 Å². The van der Waals surface area contributed by atoms with E-state index < -0.39 is 23.6 Å². The summed E-state index contributed by atoms with van der Waals surface area (Å²) in [6.07, 6.45) is 0. The lowest BCUT2D eigenvalue weighted by molar-refractivity contribution is -0.145. The lowest BCUT2D eigenvalue weighted by Crippen LogP contribution is -2.55. The maximum atomic E-state index is 12.5. The van der Waals surface area contributed by atoms with Gasteiger partial charge in [-0.05, 0) is 5.56 Å². The summed E-state index contributed by atoms with van der Waals surface area (Å²) in [6, 6.07) is 8.80. The molecule has 7 heteroatoms. The van der Waals surface area contributed by atoms with Gasteiger partial charge in [-0.15, -0.1) is 0 Å². The number of nitrogens with two attached hydrogens (primary N) is 1. The largest absolute Gasteiger partial charge is 0.392 e. The van der Waals surface area contributed by atoms with Gasteiger partial charge in [-0.2, -0.15) is 0 Å². The van der Waals surface area contributed by atoms with Gasteiger partial charge in [0.2, 0.25) is 17.7 Å². The molecule has 1 aromatic rings. The Morgan fingerprint density at radius 3 is 2.25 bits per heavy atom.